The zero-order chi connectivity index (χ0) is 13.4. The fraction of sp³-hybridized carbons (Fsp3) is 0.0833. The van der Waals surface area contributed by atoms with Crippen LogP contribution in [0.2, 0.25) is 5.15 Å². The third kappa shape index (κ3) is 2.29. The Kier molecular flexibility index (Phi) is 3.12. The first-order valence-corrected chi connectivity index (χ1v) is 6.64. The molecule has 2 aromatic heterocycles. The van der Waals surface area contributed by atoms with Gasteiger partial charge in [0.05, 0.1) is 0 Å². The quantitative estimate of drug-likeness (QED) is 0.680. The third-order valence-corrected chi connectivity index (χ3v) is 4.09. The van der Waals surface area contributed by atoms with Crippen LogP contribution < -0.4 is 0 Å². The Morgan fingerprint density at radius 1 is 1.37 bits per heavy atom. The number of fused-ring (bicyclic) bond motifs is 1. The van der Waals surface area contributed by atoms with Gasteiger partial charge in [0.15, 0.2) is 0 Å². The SMILES string of the molecule is Cc1c(Cl)nc2ncnn2c1Sc1cccc(F)c1. The lowest BCUT2D eigenvalue weighted by atomic mass is 10.3. The van der Waals surface area contributed by atoms with Gasteiger partial charge in [-0.25, -0.2) is 4.39 Å². The van der Waals surface area contributed by atoms with Crippen molar-refractivity contribution in [1.29, 1.82) is 0 Å². The minimum atomic E-state index is -0.280. The van der Waals surface area contributed by atoms with Gasteiger partial charge in [-0.15, -0.1) is 0 Å². The maximum absolute atomic E-state index is 13.2. The predicted molar refractivity (Wildman–Crippen MR) is 71.1 cm³/mol. The van der Waals surface area contributed by atoms with Crippen LogP contribution in [0.4, 0.5) is 4.39 Å². The van der Waals surface area contributed by atoms with Crippen LogP contribution in [0.5, 0.6) is 0 Å². The molecule has 4 nitrogen and oxygen atoms in total. The molecule has 96 valence electrons. The van der Waals surface area contributed by atoms with E-state index in [0.717, 1.165) is 15.5 Å². The summed E-state index contributed by atoms with van der Waals surface area (Å²) in [6.45, 7) is 1.85. The summed E-state index contributed by atoms with van der Waals surface area (Å²) in [4.78, 5) is 8.90. The van der Waals surface area contributed by atoms with Crippen LogP contribution >= 0.6 is 23.4 Å². The van der Waals surface area contributed by atoms with Gasteiger partial charge in [0.2, 0.25) is 0 Å². The van der Waals surface area contributed by atoms with Crippen LogP contribution in [0.3, 0.4) is 0 Å². The second-order valence-corrected chi connectivity index (χ2v) is 5.28. The summed E-state index contributed by atoms with van der Waals surface area (Å²) in [7, 11) is 0. The van der Waals surface area contributed by atoms with Crippen molar-refractivity contribution in [3.8, 4) is 0 Å². The molecule has 7 heteroatoms. The number of benzene rings is 1. The normalized spacial score (nSPS) is 11.1. The van der Waals surface area contributed by atoms with Crippen molar-refractivity contribution in [2.45, 2.75) is 16.8 Å². The first-order valence-electron chi connectivity index (χ1n) is 5.44. The van der Waals surface area contributed by atoms with E-state index in [4.69, 9.17) is 11.6 Å². The molecule has 2 heterocycles. The van der Waals surface area contributed by atoms with Crippen LogP contribution in [0, 0.1) is 12.7 Å². The average molecular weight is 295 g/mol. The number of hydrogen-bond donors (Lipinski definition) is 0. The highest BCUT2D eigenvalue weighted by Crippen LogP contribution is 2.32. The van der Waals surface area contributed by atoms with Gasteiger partial charge in [-0.3, -0.25) is 0 Å². The maximum atomic E-state index is 13.2. The lowest BCUT2D eigenvalue weighted by molar-refractivity contribution is 0.624. The molecule has 0 unspecified atom stereocenters. The Morgan fingerprint density at radius 3 is 3.00 bits per heavy atom. The molecule has 1 aromatic carbocycles. The first-order chi connectivity index (χ1) is 9.15. The highest BCUT2D eigenvalue weighted by Gasteiger charge is 2.13. The lowest BCUT2D eigenvalue weighted by Gasteiger charge is -2.08. The van der Waals surface area contributed by atoms with Crippen molar-refractivity contribution in [3.05, 3.63) is 47.1 Å². The van der Waals surface area contributed by atoms with E-state index in [9.17, 15) is 4.39 Å². The van der Waals surface area contributed by atoms with Gasteiger partial charge in [-0.2, -0.15) is 19.6 Å². The monoisotopic (exact) mass is 294 g/mol. The van der Waals surface area contributed by atoms with Gasteiger partial charge in [-0.1, -0.05) is 29.4 Å². The Bertz CT molecular complexity index is 759. The molecule has 0 amide bonds. The predicted octanol–water partition coefficient (Wildman–Crippen LogP) is 3.38. The van der Waals surface area contributed by atoms with Crippen molar-refractivity contribution in [1.82, 2.24) is 19.6 Å². The summed E-state index contributed by atoms with van der Waals surface area (Å²) in [6.07, 6.45) is 1.41. The second-order valence-electron chi connectivity index (χ2n) is 3.86. The molecule has 0 fully saturated rings. The van der Waals surface area contributed by atoms with Crippen LogP contribution in [0.25, 0.3) is 5.78 Å². The van der Waals surface area contributed by atoms with Gasteiger partial charge < -0.3 is 0 Å². The molecular weight excluding hydrogens is 287 g/mol. The molecule has 3 rings (SSSR count). The molecule has 0 atom stereocenters. The molecule has 0 saturated heterocycles. The lowest BCUT2D eigenvalue weighted by Crippen LogP contribution is -1.99. The summed E-state index contributed by atoms with van der Waals surface area (Å²) in [5.41, 5.74) is 0.786. The smallest absolute Gasteiger partial charge is 0.207 e. The molecule has 0 aliphatic carbocycles. The van der Waals surface area contributed by atoms with Gasteiger partial charge in [0.1, 0.15) is 22.3 Å². The third-order valence-electron chi connectivity index (χ3n) is 2.56. The topological polar surface area (TPSA) is 43.1 Å². The molecule has 0 saturated carbocycles. The summed E-state index contributed by atoms with van der Waals surface area (Å²) in [5, 5.41) is 5.26. The van der Waals surface area contributed by atoms with Gasteiger partial charge >= 0.3 is 0 Å². The first kappa shape index (κ1) is 12.4. The standard InChI is InChI=1S/C12H8ClFN4S/c1-7-10(13)17-12-15-6-16-18(12)11(7)19-9-4-2-3-8(14)5-9/h2-6H,1H3. The average Bonchev–Trinajstić information content (AvgIpc) is 2.83. The Labute approximate surface area is 117 Å². The second kappa shape index (κ2) is 4.79. The van der Waals surface area contributed by atoms with Crippen molar-refractivity contribution in [2.75, 3.05) is 0 Å². The summed E-state index contributed by atoms with van der Waals surface area (Å²) in [6, 6.07) is 6.35. The maximum Gasteiger partial charge on any atom is 0.254 e. The number of halogens is 2. The number of nitrogens with zero attached hydrogens (tertiary/aromatic N) is 4. The molecule has 0 aliphatic heterocycles. The van der Waals surface area contributed by atoms with E-state index in [2.05, 4.69) is 15.1 Å². The molecule has 19 heavy (non-hydrogen) atoms. The van der Waals surface area contributed by atoms with Crippen molar-refractivity contribution < 1.29 is 4.39 Å². The molecule has 0 bridgehead atoms. The van der Waals surface area contributed by atoms with Crippen LogP contribution in [0.1, 0.15) is 5.56 Å². The van der Waals surface area contributed by atoms with E-state index in [1.807, 2.05) is 13.0 Å². The number of hydrogen-bond acceptors (Lipinski definition) is 4. The fourth-order valence-electron chi connectivity index (χ4n) is 1.64. The zero-order valence-electron chi connectivity index (χ0n) is 9.84. The Morgan fingerprint density at radius 2 is 2.21 bits per heavy atom. The molecular formula is C12H8ClFN4S. The molecule has 0 N–H and O–H groups in total. The van der Waals surface area contributed by atoms with Crippen molar-refractivity contribution in [3.63, 3.8) is 0 Å². The van der Waals surface area contributed by atoms with Crippen molar-refractivity contribution >= 4 is 29.1 Å². The van der Waals surface area contributed by atoms with E-state index in [1.165, 1.54) is 30.2 Å². The summed E-state index contributed by atoms with van der Waals surface area (Å²) in [5.74, 6) is 0.146. The van der Waals surface area contributed by atoms with Gasteiger partial charge in [0, 0.05) is 10.5 Å². The van der Waals surface area contributed by atoms with E-state index >= 15 is 0 Å². The van der Waals surface area contributed by atoms with Crippen LogP contribution in [-0.4, -0.2) is 19.6 Å². The molecule has 3 aromatic rings. The van der Waals surface area contributed by atoms with Crippen LogP contribution in [-0.2, 0) is 0 Å². The minimum Gasteiger partial charge on any atom is -0.207 e. The fourth-order valence-corrected chi connectivity index (χ4v) is 2.86. The Hall–Kier alpha value is -1.66. The van der Waals surface area contributed by atoms with E-state index in [-0.39, 0.29) is 5.82 Å². The Balaban J connectivity index is 2.14. The highest BCUT2D eigenvalue weighted by molar-refractivity contribution is 7.99. The molecule has 0 radical (unpaired) electrons. The largest absolute Gasteiger partial charge is 0.254 e. The summed E-state index contributed by atoms with van der Waals surface area (Å²) >= 11 is 7.44. The zero-order valence-corrected chi connectivity index (χ0v) is 11.4. The van der Waals surface area contributed by atoms with E-state index in [1.54, 1.807) is 10.6 Å². The van der Waals surface area contributed by atoms with Crippen LogP contribution in [0.15, 0.2) is 40.5 Å². The summed E-state index contributed by atoms with van der Waals surface area (Å²) < 4.78 is 14.8. The van der Waals surface area contributed by atoms with Gasteiger partial charge in [-0.05, 0) is 25.1 Å². The number of rotatable bonds is 2. The van der Waals surface area contributed by atoms with Gasteiger partial charge in [0.25, 0.3) is 5.78 Å². The highest BCUT2D eigenvalue weighted by atomic mass is 35.5. The minimum absolute atomic E-state index is 0.280. The molecule has 0 aliphatic rings. The number of aromatic nitrogens is 4. The van der Waals surface area contributed by atoms with Crippen molar-refractivity contribution in [2.24, 2.45) is 0 Å². The molecule has 0 spiro atoms. The van der Waals surface area contributed by atoms with E-state index < -0.39 is 0 Å². The van der Waals surface area contributed by atoms with E-state index in [0.29, 0.717) is 10.9 Å².